The molecule has 15 heterocycles. The minimum Gasteiger partial charge on any atom is -0.466 e. The lowest BCUT2D eigenvalue weighted by molar-refractivity contribution is 0.00799. The van der Waals surface area contributed by atoms with Crippen LogP contribution >= 0.6 is 34.5 Å². The molecule has 0 spiro atoms. The molecule has 42 heteroatoms. The average Bonchev–Trinajstić information content (AvgIpc) is 1.65. The number of halogens is 5. The number of thiophene rings is 1. The maximum absolute atomic E-state index is 13.5. The molecule has 0 saturated heterocycles. The summed E-state index contributed by atoms with van der Waals surface area (Å²) in [5, 5.41) is 57.0. The molecule has 15 aromatic heterocycles. The summed E-state index contributed by atoms with van der Waals surface area (Å²) in [5.41, 5.74) is 17.2. The van der Waals surface area contributed by atoms with Crippen molar-refractivity contribution >= 4 is 166 Å². The van der Waals surface area contributed by atoms with Crippen LogP contribution in [0.3, 0.4) is 0 Å². The summed E-state index contributed by atoms with van der Waals surface area (Å²) in [5.74, 6) is 8.46. The van der Waals surface area contributed by atoms with Crippen LogP contribution in [-0.2, 0) is 12.3 Å². The second-order valence-electron chi connectivity index (χ2n) is 33.0. The van der Waals surface area contributed by atoms with Gasteiger partial charge in [-0.3, -0.25) is 0 Å². The van der Waals surface area contributed by atoms with E-state index in [0.717, 1.165) is 122 Å². The highest BCUT2D eigenvalue weighted by atomic mass is 35.5. The van der Waals surface area contributed by atoms with E-state index in [2.05, 4.69) is 242 Å². The number of nitrogens with one attached hydrogen (secondary N) is 7. The molecule has 0 aliphatic rings. The molecule has 0 aliphatic carbocycles. The third-order valence-electron chi connectivity index (χ3n) is 20.8. The molecule has 0 bridgehead atoms. The Morgan fingerprint density at radius 2 is 0.596 bits per heavy atom. The van der Waals surface area contributed by atoms with E-state index in [-0.39, 0.29) is 10.8 Å². The standard InChI is InChI=1S/C15H15F2N5.C15H13N5S.C15H17N5.C14H15N5O.C14H15N5.C13H11ClFN5.C13H12ClN5/c1-9-4-6-11(7-5-9)19-12-8-10(2)18-14-20-13(15(3,16)17)21-22(12)14;1-9-7-14(20-15(16-9)17-10(2)19-20)18-12-3-4-13-11(8-12)5-6-21-13;1-4-13-18-15-16-11(3)9-14(20(15)19-13)17-12-7-5-10(2)6-8-12;1-9-4-6-11(7-5-9)16-12-8-10(2)15-13-17-14(20-3)18-19(12)13;1-9-4-6-12(7-5-9)17-13-8-10(2)15-14-16-11(3)18-19(13)14;1-7-5-12(20-13(16-7)17-8(2)19-20)18-9-3-4-10(14)11(15)6-9;1-8-7-12(17-11-5-3-10(14)4-6-11)19-13(15-8)16-9(2)18-19/h4-8,19H,1-3H3;3-8,18H,1-2H3;5-9,17H,4H2,1-3H3;4-8,16H,1-3H3;4-8,17H,1-3H3;3-6,18H,1-2H3;3-7,17H,1-2H3. The van der Waals surface area contributed by atoms with E-state index in [4.69, 9.17) is 27.9 Å². The highest BCUT2D eigenvalue weighted by molar-refractivity contribution is 7.17. The SMILES string of the molecule is CCc1nc2nc(C)cc(Nc3ccc(C)cc3)n2n1.COc1nc2nc(C)cc(Nc3ccc(C)cc3)n2n1.Cc1cc(Nc2ccc(Cl)c(F)c2)n2nc(C)nc2n1.Cc1cc(Nc2ccc(Cl)cc2)n2nc(C)nc2n1.Cc1cc(Nc2ccc3sccc3c2)n2nc(C)nc2n1.Cc1ccc(Nc2cc(C)nc3nc(C(C)(F)F)nn23)cc1.Cc1ccc(Nc2cc(C)nc3nc(C)nn23)cc1. The maximum atomic E-state index is 13.5. The Morgan fingerprint density at radius 1 is 0.312 bits per heavy atom. The first-order chi connectivity index (χ1) is 67.6. The summed E-state index contributed by atoms with van der Waals surface area (Å²) < 4.78 is 58.0. The Bertz CT molecular complexity index is 7960. The third kappa shape index (κ3) is 24.6. The molecule has 0 radical (unpaired) electrons. The second kappa shape index (κ2) is 42.4. The molecule has 0 atom stereocenters. The van der Waals surface area contributed by atoms with Gasteiger partial charge < -0.3 is 42.0 Å². The van der Waals surface area contributed by atoms with Gasteiger partial charge in [0.15, 0.2) is 5.82 Å². The van der Waals surface area contributed by atoms with Crippen molar-refractivity contribution in [3.63, 3.8) is 0 Å². The van der Waals surface area contributed by atoms with Crippen molar-refractivity contribution in [3.8, 4) is 6.01 Å². The topological polar surface area (TPSA) is 395 Å². The summed E-state index contributed by atoms with van der Waals surface area (Å²) in [6.45, 7) is 31.7. The van der Waals surface area contributed by atoms with E-state index >= 15 is 0 Å². The van der Waals surface area contributed by atoms with Gasteiger partial charge in [-0.2, -0.15) is 75.3 Å². The van der Waals surface area contributed by atoms with Crippen LogP contribution in [0.5, 0.6) is 6.01 Å². The van der Waals surface area contributed by atoms with Crippen LogP contribution in [0.15, 0.2) is 212 Å². The number of aryl methyl sites for hydroxylation is 16. The van der Waals surface area contributed by atoms with E-state index in [0.29, 0.717) is 92.0 Å². The van der Waals surface area contributed by atoms with Crippen LogP contribution in [0.25, 0.3) is 50.5 Å². The first-order valence-electron chi connectivity index (χ1n) is 44.4. The number of alkyl halides is 2. The number of ether oxygens (including phenoxy) is 1. The summed E-state index contributed by atoms with van der Waals surface area (Å²) in [4.78, 5) is 59.8. The van der Waals surface area contributed by atoms with Gasteiger partial charge in [0.25, 0.3) is 40.4 Å². The number of methoxy groups -OCH3 is 1. The summed E-state index contributed by atoms with van der Waals surface area (Å²) >= 11 is 13.3. The van der Waals surface area contributed by atoms with Crippen molar-refractivity contribution in [2.45, 2.75) is 130 Å². The van der Waals surface area contributed by atoms with E-state index in [1.807, 2.05) is 185 Å². The van der Waals surface area contributed by atoms with Gasteiger partial charge >= 0.3 is 11.9 Å². The Morgan fingerprint density at radius 3 is 0.929 bits per heavy atom. The lowest BCUT2D eigenvalue weighted by Gasteiger charge is -2.09. The molecule has 36 nitrogen and oxygen atoms in total. The number of fused-ring (bicyclic) bond motifs is 8. The molecule has 0 unspecified atom stereocenters. The van der Waals surface area contributed by atoms with Gasteiger partial charge in [0.2, 0.25) is 5.82 Å². The van der Waals surface area contributed by atoms with Crippen LogP contribution in [0, 0.1) is 110 Å². The van der Waals surface area contributed by atoms with Crippen molar-refractivity contribution < 1.29 is 17.9 Å². The van der Waals surface area contributed by atoms with Crippen LogP contribution in [-0.4, -0.2) is 144 Å². The lowest BCUT2D eigenvalue weighted by Crippen LogP contribution is -2.10. The number of hydrogen-bond acceptors (Lipinski definition) is 30. The van der Waals surface area contributed by atoms with Gasteiger partial charge in [-0.05, 0) is 230 Å². The molecule has 716 valence electrons. The Balaban J connectivity index is 0.000000119. The first-order valence-corrected chi connectivity index (χ1v) is 46.0. The molecular formula is C99H98Cl2F3N35OS. The molecular weight excluding hydrogens is 1860 g/mol. The lowest BCUT2D eigenvalue weighted by atomic mass is 10.2. The normalized spacial score (nSPS) is 11.1. The minimum absolute atomic E-state index is 0.0863. The molecule has 141 heavy (non-hydrogen) atoms. The number of rotatable bonds is 17. The van der Waals surface area contributed by atoms with Gasteiger partial charge in [0.05, 0.1) is 12.1 Å². The van der Waals surface area contributed by atoms with Gasteiger partial charge in [-0.25, -0.2) is 39.3 Å². The smallest absolute Gasteiger partial charge is 0.337 e. The molecule has 0 amide bonds. The maximum Gasteiger partial charge on any atom is 0.337 e. The number of anilines is 14. The predicted octanol–water partition coefficient (Wildman–Crippen LogP) is 22.0. The zero-order chi connectivity index (χ0) is 99.6. The summed E-state index contributed by atoms with van der Waals surface area (Å²) in [6.07, 6.45) is 0.798. The fourth-order valence-electron chi connectivity index (χ4n) is 14.1. The van der Waals surface area contributed by atoms with Gasteiger partial charge in [0, 0.05) is 145 Å². The largest absolute Gasteiger partial charge is 0.466 e. The highest BCUT2D eigenvalue weighted by Gasteiger charge is 2.31. The molecule has 22 rings (SSSR count). The van der Waals surface area contributed by atoms with E-state index < -0.39 is 17.6 Å². The molecule has 7 N–H and O–H groups in total. The van der Waals surface area contributed by atoms with Gasteiger partial charge in [0.1, 0.15) is 69.8 Å². The van der Waals surface area contributed by atoms with Crippen molar-refractivity contribution in [2.24, 2.45) is 0 Å². The van der Waals surface area contributed by atoms with Gasteiger partial charge in [-0.1, -0.05) is 101 Å². The van der Waals surface area contributed by atoms with Crippen molar-refractivity contribution in [1.29, 1.82) is 0 Å². The van der Waals surface area contributed by atoms with Crippen molar-refractivity contribution in [2.75, 3.05) is 44.3 Å². The molecule has 0 saturated carbocycles. The fraction of sp³-hybridized carbons (Fsp3) is 0.202. The van der Waals surface area contributed by atoms with Crippen LogP contribution in [0.2, 0.25) is 10.0 Å². The highest BCUT2D eigenvalue weighted by Crippen LogP contribution is 2.32. The Kier molecular flexibility index (Phi) is 29.2. The average molecular weight is 1950 g/mol. The summed E-state index contributed by atoms with van der Waals surface area (Å²) in [7, 11) is 1.54. The van der Waals surface area contributed by atoms with E-state index in [9.17, 15) is 13.2 Å². The monoisotopic (exact) mass is 1950 g/mol. The minimum atomic E-state index is -3.11. The van der Waals surface area contributed by atoms with Crippen LogP contribution < -0.4 is 42.0 Å². The summed E-state index contributed by atoms with van der Waals surface area (Å²) in [6, 6.07) is 66.4. The fourth-order valence-corrected chi connectivity index (χ4v) is 15.1. The number of aromatic nitrogens is 28. The first kappa shape index (κ1) is 97.2. The van der Waals surface area contributed by atoms with E-state index in [1.54, 1.807) is 64.4 Å². The Hall–Kier alpha value is -16.9. The van der Waals surface area contributed by atoms with Crippen LogP contribution in [0.4, 0.5) is 93.7 Å². The van der Waals surface area contributed by atoms with Crippen molar-refractivity contribution in [3.05, 3.63) is 325 Å². The van der Waals surface area contributed by atoms with Crippen molar-refractivity contribution in [1.82, 2.24) is 137 Å². The third-order valence-corrected chi connectivity index (χ3v) is 22.2. The molecule has 7 aromatic carbocycles. The quantitative estimate of drug-likeness (QED) is 0.0445. The zero-order valence-electron chi connectivity index (χ0n) is 80.1. The Labute approximate surface area is 820 Å². The number of nitrogens with zero attached hydrogens (tertiary/aromatic N) is 28. The number of hydrogen-bond donors (Lipinski definition) is 7. The van der Waals surface area contributed by atoms with E-state index in [1.165, 1.54) is 50.5 Å². The van der Waals surface area contributed by atoms with Gasteiger partial charge in [-0.15, -0.1) is 47.0 Å². The predicted molar refractivity (Wildman–Crippen MR) is 545 cm³/mol. The second-order valence-corrected chi connectivity index (χ2v) is 34.8. The molecule has 22 aromatic rings. The van der Waals surface area contributed by atoms with Crippen LogP contribution in [0.1, 0.15) is 111 Å². The zero-order valence-corrected chi connectivity index (χ0v) is 82.5. The molecule has 0 aliphatic heterocycles. The number of benzene rings is 7. The molecule has 0 fully saturated rings.